The Morgan fingerprint density at radius 2 is 2.03 bits per heavy atom. The maximum Gasteiger partial charge on any atom is 0.264 e. The summed E-state index contributed by atoms with van der Waals surface area (Å²) in [6.45, 7) is 3.92. The zero-order valence-electron chi connectivity index (χ0n) is 18.9. The van der Waals surface area contributed by atoms with Gasteiger partial charge in [0.25, 0.3) is 11.5 Å². The van der Waals surface area contributed by atoms with E-state index in [4.69, 9.17) is 5.73 Å². The molecule has 174 valence electrons. The molecular weight excluding hydrogens is 452 g/mol. The van der Waals surface area contributed by atoms with Crippen LogP contribution in [0.1, 0.15) is 39.7 Å². The molecule has 2 amide bonds. The van der Waals surface area contributed by atoms with Crippen LogP contribution >= 0.6 is 11.3 Å². The fraction of sp³-hybridized carbons (Fsp3) is 0.292. The second kappa shape index (κ2) is 8.53. The standard InChI is InChI=1S/C24H24N6O3S/c1-13-3-6-15(7-4-13)30-22-17(10-27-30)24(33)29(12-26-22)11-19(31)28-23-20(21(25)32)16-8-5-14(2)9-18(16)34-23/h3-4,6-7,10,12,14H,5,8-9,11H2,1-2H3,(H2,25,32)(H,28,31)/t14-/m1/s1. The summed E-state index contributed by atoms with van der Waals surface area (Å²) in [6, 6.07) is 7.72. The van der Waals surface area contributed by atoms with Crippen molar-refractivity contribution in [3.8, 4) is 5.69 Å². The molecule has 1 aromatic carbocycles. The van der Waals surface area contributed by atoms with E-state index in [2.05, 4.69) is 22.3 Å². The molecule has 0 unspecified atom stereocenters. The average molecular weight is 477 g/mol. The minimum absolute atomic E-state index is 0.241. The van der Waals surface area contributed by atoms with Crippen LogP contribution in [0.4, 0.5) is 5.00 Å². The molecule has 34 heavy (non-hydrogen) atoms. The van der Waals surface area contributed by atoms with Crippen LogP contribution in [0.25, 0.3) is 16.7 Å². The van der Waals surface area contributed by atoms with Crippen molar-refractivity contribution in [3.05, 3.63) is 68.7 Å². The maximum absolute atomic E-state index is 13.0. The van der Waals surface area contributed by atoms with Crippen molar-refractivity contribution in [1.29, 1.82) is 0 Å². The molecule has 1 atom stereocenters. The van der Waals surface area contributed by atoms with Gasteiger partial charge in [-0.3, -0.25) is 19.0 Å². The summed E-state index contributed by atoms with van der Waals surface area (Å²) in [5.74, 6) is -0.456. The topological polar surface area (TPSA) is 125 Å². The zero-order valence-corrected chi connectivity index (χ0v) is 19.7. The highest BCUT2D eigenvalue weighted by Gasteiger charge is 2.27. The van der Waals surface area contributed by atoms with Crippen LogP contribution in [0.5, 0.6) is 0 Å². The molecule has 1 aliphatic rings. The molecule has 0 saturated carbocycles. The molecule has 3 heterocycles. The lowest BCUT2D eigenvalue weighted by molar-refractivity contribution is -0.116. The van der Waals surface area contributed by atoms with Crippen LogP contribution in [-0.2, 0) is 24.2 Å². The van der Waals surface area contributed by atoms with Crippen LogP contribution in [-0.4, -0.2) is 31.1 Å². The largest absolute Gasteiger partial charge is 0.365 e. The van der Waals surface area contributed by atoms with Gasteiger partial charge in [-0.15, -0.1) is 11.3 Å². The fourth-order valence-corrected chi connectivity index (χ4v) is 5.79. The van der Waals surface area contributed by atoms with Crippen LogP contribution < -0.4 is 16.6 Å². The van der Waals surface area contributed by atoms with E-state index in [1.807, 2.05) is 31.2 Å². The number of amides is 2. The molecule has 5 rings (SSSR count). The van der Waals surface area contributed by atoms with E-state index in [1.165, 1.54) is 28.4 Å². The molecule has 9 nitrogen and oxygen atoms in total. The highest BCUT2D eigenvalue weighted by atomic mass is 32.1. The van der Waals surface area contributed by atoms with Gasteiger partial charge in [-0.1, -0.05) is 24.6 Å². The maximum atomic E-state index is 13.0. The first-order valence-electron chi connectivity index (χ1n) is 11.1. The van der Waals surface area contributed by atoms with Crippen molar-refractivity contribution >= 4 is 39.2 Å². The van der Waals surface area contributed by atoms with Gasteiger partial charge in [0, 0.05) is 4.88 Å². The molecule has 3 N–H and O–H groups in total. The Morgan fingerprint density at radius 3 is 2.76 bits per heavy atom. The summed E-state index contributed by atoms with van der Waals surface area (Å²) in [6.07, 6.45) is 5.41. The zero-order chi connectivity index (χ0) is 24.0. The van der Waals surface area contributed by atoms with Crippen LogP contribution in [0.3, 0.4) is 0 Å². The highest BCUT2D eigenvalue weighted by molar-refractivity contribution is 7.17. The number of aryl methyl sites for hydroxylation is 1. The predicted octanol–water partition coefficient (Wildman–Crippen LogP) is 2.81. The van der Waals surface area contributed by atoms with Gasteiger partial charge < -0.3 is 11.1 Å². The third-order valence-electron chi connectivity index (χ3n) is 6.16. The first kappa shape index (κ1) is 22.0. The summed E-state index contributed by atoms with van der Waals surface area (Å²) in [7, 11) is 0. The molecule has 0 saturated heterocycles. The number of primary amides is 1. The number of carbonyl (C=O) groups excluding carboxylic acids is 2. The monoisotopic (exact) mass is 476 g/mol. The Balaban J connectivity index is 1.40. The molecule has 0 bridgehead atoms. The highest BCUT2D eigenvalue weighted by Crippen LogP contribution is 2.39. The third-order valence-corrected chi connectivity index (χ3v) is 7.33. The normalized spacial score (nSPS) is 15.3. The van der Waals surface area contributed by atoms with Gasteiger partial charge in [0.05, 0.1) is 17.4 Å². The number of hydrogen-bond donors (Lipinski definition) is 2. The second-order valence-electron chi connectivity index (χ2n) is 8.78. The van der Waals surface area contributed by atoms with Gasteiger partial charge in [-0.05, 0) is 49.8 Å². The number of hydrogen-bond acceptors (Lipinski definition) is 6. The number of carbonyl (C=O) groups is 2. The quantitative estimate of drug-likeness (QED) is 0.458. The van der Waals surface area contributed by atoms with E-state index in [9.17, 15) is 14.4 Å². The minimum atomic E-state index is -0.550. The third kappa shape index (κ3) is 3.90. The number of benzene rings is 1. The molecule has 0 spiro atoms. The molecule has 3 aromatic heterocycles. The van der Waals surface area contributed by atoms with Gasteiger partial charge in [0.1, 0.15) is 23.3 Å². The van der Waals surface area contributed by atoms with E-state index >= 15 is 0 Å². The average Bonchev–Trinajstić information content (AvgIpc) is 3.37. The molecule has 0 radical (unpaired) electrons. The van der Waals surface area contributed by atoms with Gasteiger partial charge in [-0.25, -0.2) is 9.67 Å². The minimum Gasteiger partial charge on any atom is -0.365 e. The van der Waals surface area contributed by atoms with Crippen LogP contribution in [0.2, 0.25) is 0 Å². The number of nitrogens with two attached hydrogens (primary N) is 1. The van der Waals surface area contributed by atoms with Gasteiger partial charge >= 0.3 is 0 Å². The Morgan fingerprint density at radius 1 is 1.26 bits per heavy atom. The molecule has 10 heteroatoms. The van der Waals surface area contributed by atoms with Crippen molar-refractivity contribution in [2.45, 2.75) is 39.7 Å². The molecular formula is C24H24N6O3S. The number of fused-ring (bicyclic) bond motifs is 2. The smallest absolute Gasteiger partial charge is 0.264 e. The van der Waals surface area contributed by atoms with Crippen LogP contribution in [0, 0.1) is 12.8 Å². The first-order chi connectivity index (χ1) is 16.3. The SMILES string of the molecule is Cc1ccc(-n2ncc3c(=O)n(CC(=O)Nc4sc5c(c4C(N)=O)CC[C@@H](C)C5)cnc32)cc1. The predicted molar refractivity (Wildman–Crippen MR) is 131 cm³/mol. The van der Waals surface area contributed by atoms with Crippen molar-refractivity contribution in [1.82, 2.24) is 19.3 Å². The summed E-state index contributed by atoms with van der Waals surface area (Å²) in [5, 5.41) is 7.87. The van der Waals surface area contributed by atoms with E-state index in [0.717, 1.165) is 41.0 Å². The number of thiophene rings is 1. The van der Waals surface area contributed by atoms with Crippen molar-refractivity contribution in [2.75, 3.05) is 5.32 Å². The molecule has 4 aromatic rings. The molecule has 0 fully saturated rings. The number of nitrogens with one attached hydrogen (secondary N) is 1. The Bertz CT molecular complexity index is 1480. The Labute approximate surface area is 199 Å². The summed E-state index contributed by atoms with van der Waals surface area (Å²) in [4.78, 5) is 43.4. The first-order valence-corrected chi connectivity index (χ1v) is 11.9. The summed E-state index contributed by atoms with van der Waals surface area (Å²) in [5.41, 5.74) is 8.92. The van der Waals surface area contributed by atoms with Crippen molar-refractivity contribution in [3.63, 3.8) is 0 Å². The van der Waals surface area contributed by atoms with Gasteiger partial charge in [0.2, 0.25) is 5.91 Å². The molecule has 0 aliphatic heterocycles. The molecule has 1 aliphatic carbocycles. The van der Waals surface area contributed by atoms with Crippen LogP contribution in [0.15, 0.2) is 41.6 Å². The van der Waals surface area contributed by atoms with E-state index in [0.29, 0.717) is 27.5 Å². The van der Waals surface area contributed by atoms with E-state index in [1.54, 1.807) is 4.68 Å². The Kier molecular flexibility index (Phi) is 5.52. The second-order valence-corrected chi connectivity index (χ2v) is 9.88. The number of nitrogens with zero attached hydrogens (tertiary/aromatic N) is 4. The number of aromatic nitrogens is 4. The lowest BCUT2D eigenvalue weighted by Gasteiger charge is -2.18. The number of anilines is 1. The summed E-state index contributed by atoms with van der Waals surface area (Å²) < 4.78 is 2.83. The van der Waals surface area contributed by atoms with E-state index in [-0.39, 0.29) is 12.1 Å². The van der Waals surface area contributed by atoms with Gasteiger partial charge in [-0.2, -0.15) is 5.10 Å². The lowest BCUT2D eigenvalue weighted by Crippen LogP contribution is -2.28. The van der Waals surface area contributed by atoms with E-state index < -0.39 is 11.8 Å². The fourth-order valence-electron chi connectivity index (χ4n) is 4.36. The lowest BCUT2D eigenvalue weighted by atomic mass is 9.88. The van der Waals surface area contributed by atoms with Crippen molar-refractivity contribution in [2.24, 2.45) is 11.7 Å². The van der Waals surface area contributed by atoms with Crippen molar-refractivity contribution < 1.29 is 9.59 Å². The van der Waals surface area contributed by atoms with Gasteiger partial charge in [0.15, 0.2) is 5.65 Å². The summed E-state index contributed by atoms with van der Waals surface area (Å²) >= 11 is 1.39. The Hall–Kier alpha value is -3.79. The number of rotatable bonds is 5.